The number of nitrogens with zero attached hydrogens (tertiary/aromatic N) is 3. The fourth-order valence-corrected chi connectivity index (χ4v) is 3.40. The number of pyridine rings is 1. The number of nitrogens with one attached hydrogen (secondary N) is 1. The van der Waals surface area contributed by atoms with Crippen LogP contribution in [-0.2, 0) is 22.6 Å². The molecule has 1 atom stereocenters. The topological polar surface area (TPSA) is 84.0 Å². The van der Waals surface area contributed by atoms with E-state index in [4.69, 9.17) is 4.74 Å². The van der Waals surface area contributed by atoms with Crippen molar-refractivity contribution in [1.82, 2.24) is 10.3 Å². The Hall–Kier alpha value is -3.36. The summed E-state index contributed by atoms with van der Waals surface area (Å²) in [5.74, 6) is -0.422. The van der Waals surface area contributed by atoms with Crippen LogP contribution in [-0.4, -0.2) is 43.5 Å². The first kappa shape index (κ1) is 18.0. The van der Waals surface area contributed by atoms with Gasteiger partial charge in [-0.15, -0.1) is 0 Å². The molecule has 2 aromatic rings. The number of halogens is 1. The van der Waals surface area contributed by atoms with Crippen LogP contribution in [0.3, 0.4) is 0 Å². The van der Waals surface area contributed by atoms with Gasteiger partial charge in [0.15, 0.2) is 0 Å². The zero-order valence-electron chi connectivity index (χ0n) is 15.2. The zero-order chi connectivity index (χ0) is 19.7. The first-order valence-corrected chi connectivity index (χ1v) is 8.82. The number of ether oxygens (including phenoxy) is 2. The molecule has 1 unspecified atom stereocenters. The number of anilines is 2. The van der Waals surface area contributed by atoms with E-state index >= 15 is 0 Å². The Morgan fingerprint density at radius 3 is 3.00 bits per heavy atom. The van der Waals surface area contributed by atoms with Gasteiger partial charge in [0.25, 0.3) is 0 Å². The molecule has 0 radical (unpaired) electrons. The summed E-state index contributed by atoms with van der Waals surface area (Å²) in [4.78, 5) is 30.8. The monoisotopic (exact) mass is 386 g/mol. The number of methoxy groups -OCH3 is 1. The van der Waals surface area contributed by atoms with E-state index in [-0.39, 0.29) is 13.1 Å². The van der Waals surface area contributed by atoms with E-state index in [1.54, 1.807) is 18.3 Å². The maximum absolute atomic E-state index is 14.8. The van der Waals surface area contributed by atoms with Gasteiger partial charge in [-0.1, -0.05) is 6.07 Å². The van der Waals surface area contributed by atoms with Crippen molar-refractivity contribution in [2.45, 2.75) is 19.2 Å². The summed E-state index contributed by atoms with van der Waals surface area (Å²) < 4.78 is 24.5. The summed E-state index contributed by atoms with van der Waals surface area (Å²) in [6, 6.07) is 8.52. The van der Waals surface area contributed by atoms with Crippen LogP contribution >= 0.6 is 0 Å². The lowest BCUT2D eigenvalue weighted by atomic mass is 10.2. The number of aromatic nitrogens is 1. The Morgan fingerprint density at radius 1 is 1.39 bits per heavy atom. The number of benzene rings is 1. The van der Waals surface area contributed by atoms with Crippen molar-refractivity contribution < 1.29 is 23.5 Å². The van der Waals surface area contributed by atoms with E-state index in [1.165, 1.54) is 18.1 Å². The van der Waals surface area contributed by atoms with Crippen LogP contribution < -0.4 is 15.1 Å². The summed E-state index contributed by atoms with van der Waals surface area (Å²) in [5, 5.41) is 2.48. The zero-order valence-corrected chi connectivity index (χ0v) is 15.2. The van der Waals surface area contributed by atoms with Gasteiger partial charge in [-0.25, -0.2) is 14.0 Å². The molecule has 1 aromatic carbocycles. The Labute approximate surface area is 160 Å². The first-order valence-electron chi connectivity index (χ1n) is 8.82. The fraction of sp³-hybridized carbons (Fsp3) is 0.316. The van der Waals surface area contributed by atoms with E-state index in [2.05, 4.69) is 15.0 Å². The van der Waals surface area contributed by atoms with Gasteiger partial charge >= 0.3 is 12.2 Å². The highest BCUT2D eigenvalue weighted by atomic mass is 19.1. The minimum Gasteiger partial charge on any atom is -0.453 e. The van der Waals surface area contributed by atoms with E-state index in [0.29, 0.717) is 24.5 Å². The Kier molecular flexibility index (Phi) is 4.72. The lowest BCUT2D eigenvalue weighted by Gasteiger charge is -2.20. The minimum atomic E-state index is -0.606. The van der Waals surface area contributed by atoms with Gasteiger partial charge in [0.05, 0.1) is 43.8 Å². The van der Waals surface area contributed by atoms with Crippen molar-refractivity contribution in [3.63, 3.8) is 0 Å². The van der Waals surface area contributed by atoms with E-state index in [1.807, 2.05) is 17.0 Å². The number of hydrogen-bond acceptors (Lipinski definition) is 6. The standard InChI is InChI=1S/C19H19FN4O4/c1-27-18(25)22-8-14-10-24(19(26)28-14)13-4-5-17(15(20)7-13)23-9-12-3-2-6-21-16(12)11-23/h2-7,14H,8-11H2,1H3,(H,22,25). The minimum absolute atomic E-state index is 0.120. The molecule has 2 amide bonds. The van der Waals surface area contributed by atoms with Crippen molar-refractivity contribution in [1.29, 1.82) is 0 Å². The molecule has 28 heavy (non-hydrogen) atoms. The number of rotatable bonds is 4. The summed E-state index contributed by atoms with van der Waals surface area (Å²) in [7, 11) is 1.25. The van der Waals surface area contributed by atoms with Gasteiger partial charge in [-0.3, -0.25) is 9.88 Å². The van der Waals surface area contributed by atoms with Crippen LogP contribution in [0, 0.1) is 5.82 Å². The van der Waals surface area contributed by atoms with Gasteiger partial charge in [-0.2, -0.15) is 0 Å². The lowest BCUT2D eigenvalue weighted by molar-refractivity contribution is 0.132. The molecule has 2 aliphatic heterocycles. The first-order chi connectivity index (χ1) is 13.5. The van der Waals surface area contributed by atoms with Gasteiger partial charge in [0, 0.05) is 12.7 Å². The molecule has 1 saturated heterocycles. The third-order valence-electron chi connectivity index (χ3n) is 4.80. The number of fused-ring (bicyclic) bond motifs is 1. The number of hydrogen-bond donors (Lipinski definition) is 1. The Balaban J connectivity index is 1.45. The van der Waals surface area contributed by atoms with Crippen LogP contribution in [0.25, 0.3) is 0 Å². The Bertz CT molecular complexity index is 898. The largest absolute Gasteiger partial charge is 0.453 e. The van der Waals surface area contributed by atoms with E-state index in [0.717, 1.165) is 11.3 Å². The highest BCUT2D eigenvalue weighted by Crippen LogP contribution is 2.32. The van der Waals surface area contributed by atoms with Crippen LogP contribution in [0.15, 0.2) is 36.5 Å². The second-order valence-corrected chi connectivity index (χ2v) is 6.59. The number of amides is 2. The van der Waals surface area contributed by atoms with Crippen molar-refractivity contribution in [2.75, 3.05) is 30.0 Å². The van der Waals surface area contributed by atoms with Crippen molar-refractivity contribution in [3.05, 3.63) is 53.6 Å². The molecule has 146 valence electrons. The molecule has 0 saturated carbocycles. The SMILES string of the molecule is COC(=O)NCC1CN(c2ccc(N3Cc4cccnc4C3)c(F)c2)C(=O)O1. The van der Waals surface area contributed by atoms with Crippen LogP contribution in [0.2, 0.25) is 0 Å². The van der Waals surface area contributed by atoms with Gasteiger partial charge < -0.3 is 19.7 Å². The average molecular weight is 386 g/mol. The maximum atomic E-state index is 14.8. The summed E-state index contributed by atoms with van der Waals surface area (Å²) >= 11 is 0. The summed E-state index contributed by atoms with van der Waals surface area (Å²) in [6.07, 6.45) is 0.00720. The van der Waals surface area contributed by atoms with Gasteiger partial charge in [-0.05, 0) is 29.8 Å². The van der Waals surface area contributed by atoms with Crippen molar-refractivity contribution >= 4 is 23.6 Å². The highest BCUT2D eigenvalue weighted by Gasteiger charge is 2.33. The molecule has 3 heterocycles. The third-order valence-corrected chi connectivity index (χ3v) is 4.80. The summed E-state index contributed by atoms with van der Waals surface area (Å²) in [6.45, 7) is 1.46. The molecule has 0 spiro atoms. The molecule has 2 aliphatic rings. The third kappa shape index (κ3) is 3.42. The molecule has 1 N–H and O–H groups in total. The van der Waals surface area contributed by atoms with Crippen LogP contribution in [0.4, 0.5) is 25.4 Å². The number of alkyl carbamates (subject to hydrolysis) is 1. The smallest absolute Gasteiger partial charge is 0.414 e. The average Bonchev–Trinajstić information content (AvgIpc) is 3.29. The van der Waals surface area contributed by atoms with Gasteiger partial charge in [0.1, 0.15) is 11.9 Å². The molecule has 0 bridgehead atoms. The van der Waals surface area contributed by atoms with Crippen LogP contribution in [0.5, 0.6) is 0 Å². The number of cyclic esters (lactones) is 1. The molecule has 0 aliphatic carbocycles. The van der Waals surface area contributed by atoms with Crippen molar-refractivity contribution in [2.24, 2.45) is 0 Å². The second kappa shape index (κ2) is 7.34. The molecule has 8 nitrogen and oxygen atoms in total. The van der Waals surface area contributed by atoms with E-state index < -0.39 is 24.1 Å². The second-order valence-electron chi connectivity index (χ2n) is 6.59. The molecule has 1 fully saturated rings. The molecular formula is C19H19FN4O4. The van der Waals surface area contributed by atoms with Crippen molar-refractivity contribution in [3.8, 4) is 0 Å². The predicted octanol–water partition coefficient (Wildman–Crippen LogP) is 2.42. The highest BCUT2D eigenvalue weighted by molar-refractivity contribution is 5.90. The normalized spacial score (nSPS) is 18.1. The quantitative estimate of drug-likeness (QED) is 0.869. The molecule has 4 rings (SSSR count). The molecular weight excluding hydrogens is 367 g/mol. The fourth-order valence-electron chi connectivity index (χ4n) is 3.40. The lowest BCUT2D eigenvalue weighted by Crippen LogP contribution is -2.34. The predicted molar refractivity (Wildman–Crippen MR) is 98.5 cm³/mol. The summed E-state index contributed by atoms with van der Waals surface area (Å²) in [5.41, 5.74) is 2.88. The number of carbonyl (C=O) groups excluding carboxylic acids is 2. The van der Waals surface area contributed by atoms with Gasteiger partial charge in [0.2, 0.25) is 0 Å². The van der Waals surface area contributed by atoms with Crippen LogP contribution in [0.1, 0.15) is 11.3 Å². The molecule has 1 aromatic heterocycles. The maximum Gasteiger partial charge on any atom is 0.414 e. The Morgan fingerprint density at radius 2 is 2.25 bits per heavy atom. The van der Waals surface area contributed by atoms with E-state index in [9.17, 15) is 14.0 Å². The number of carbonyl (C=O) groups is 2. The molecule has 9 heteroatoms.